The normalized spacial score (nSPS) is 20.5. The minimum Gasteiger partial charge on any atom is -0.444 e. The van der Waals surface area contributed by atoms with Crippen LogP contribution in [-0.2, 0) is 14.6 Å². The summed E-state index contributed by atoms with van der Waals surface area (Å²) in [7, 11) is -3.56. The Morgan fingerprint density at radius 3 is 2.10 bits per heavy atom. The van der Waals surface area contributed by atoms with E-state index in [9.17, 15) is 18.0 Å². The van der Waals surface area contributed by atoms with Crippen LogP contribution in [0.5, 0.6) is 0 Å². The Morgan fingerprint density at radius 1 is 1.03 bits per heavy atom. The first-order valence-corrected chi connectivity index (χ1v) is 15.2. The fourth-order valence-electron chi connectivity index (χ4n) is 5.53. The molecule has 0 spiro atoms. The molecule has 2 unspecified atom stereocenters. The number of likely N-dealkylation sites (tertiary alicyclic amines) is 2. The van der Waals surface area contributed by atoms with E-state index in [1.54, 1.807) is 13.8 Å². The van der Waals surface area contributed by atoms with Crippen LogP contribution >= 0.6 is 0 Å². The Kier molecular flexibility index (Phi) is 8.32. The maximum absolute atomic E-state index is 13.4. The fraction of sp³-hybridized carbons (Fsp3) is 0.571. The van der Waals surface area contributed by atoms with Crippen molar-refractivity contribution in [3.8, 4) is 0 Å². The van der Waals surface area contributed by atoms with Crippen LogP contribution in [0, 0.1) is 25.7 Å². The number of benzene rings is 1. The number of carbonyl (C=O) groups is 2. The molecule has 1 aromatic carbocycles. The van der Waals surface area contributed by atoms with E-state index in [2.05, 4.69) is 20.2 Å². The second-order valence-corrected chi connectivity index (χ2v) is 13.6. The zero-order chi connectivity index (χ0) is 28.5. The van der Waals surface area contributed by atoms with Gasteiger partial charge in [0, 0.05) is 39.0 Å². The SMILES string of the molecule is Cc1nc(S(C)(=O)=O)nc(C)c1C(=O)N1CC2CN(CC[C@H](NC(=O)OC(C)(C)C)c3ccccc3)CC2C1. The van der Waals surface area contributed by atoms with E-state index >= 15 is 0 Å². The van der Waals surface area contributed by atoms with Gasteiger partial charge in [-0.3, -0.25) is 4.79 Å². The molecular formula is C28H39N5O5S. The van der Waals surface area contributed by atoms with Gasteiger partial charge in [0.1, 0.15) is 5.60 Å². The molecule has 2 fully saturated rings. The number of nitrogens with zero attached hydrogens (tertiary/aromatic N) is 4. The first-order chi connectivity index (χ1) is 18.2. The quantitative estimate of drug-likeness (QED) is 0.516. The first kappa shape index (κ1) is 28.9. The largest absolute Gasteiger partial charge is 0.444 e. The number of alkyl carbamates (subject to hydrolysis) is 1. The van der Waals surface area contributed by atoms with Crippen LogP contribution < -0.4 is 5.32 Å². The van der Waals surface area contributed by atoms with Gasteiger partial charge in [-0.2, -0.15) is 0 Å². The number of rotatable bonds is 7. The molecule has 1 aromatic heterocycles. The first-order valence-electron chi connectivity index (χ1n) is 13.3. The van der Waals surface area contributed by atoms with Crippen molar-refractivity contribution >= 4 is 21.8 Å². The summed E-state index contributed by atoms with van der Waals surface area (Å²) in [6.45, 7) is 12.7. The van der Waals surface area contributed by atoms with Crippen molar-refractivity contribution in [3.63, 3.8) is 0 Å². The Balaban J connectivity index is 1.36. The van der Waals surface area contributed by atoms with Crippen LogP contribution in [0.4, 0.5) is 4.79 Å². The summed E-state index contributed by atoms with van der Waals surface area (Å²) >= 11 is 0. The van der Waals surface area contributed by atoms with Crippen molar-refractivity contribution in [2.75, 3.05) is 39.0 Å². The Morgan fingerprint density at radius 2 is 1.59 bits per heavy atom. The molecule has 2 aliphatic rings. The molecule has 2 aromatic rings. The van der Waals surface area contributed by atoms with E-state index in [1.165, 1.54) is 0 Å². The van der Waals surface area contributed by atoms with Gasteiger partial charge in [-0.1, -0.05) is 30.3 Å². The predicted octanol–water partition coefficient (Wildman–Crippen LogP) is 3.16. The zero-order valence-electron chi connectivity index (χ0n) is 23.6. The van der Waals surface area contributed by atoms with E-state index in [0.29, 0.717) is 41.9 Å². The number of sulfone groups is 1. The molecular weight excluding hydrogens is 518 g/mol. The number of fused-ring (bicyclic) bond motifs is 1. The van der Waals surface area contributed by atoms with E-state index in [1.807, 2.05) is 56.0 Å². The van der Waals surface area contributed by atoms with Gasteiger partial charge in [-0.05, 0) is 58.4 Å². The van der Waals surface area contributed by atoms with Crippen molar-refractivity contribution in [1.29, 1.82) is 0 Å². The molecule has 11 heteroatoms. The van der Waals surface area contributed by atoms with Gasteiger partial charge in [0.05, 0.1) is 23.0 Å². The third-order valence-corrected chi connectivity index (χ3v) is 8.12. The van der Waals surface area contributed by atoms with Crippen molar-refractivity contribution in [2.45, 2.75) is 57.8 Å². The number of aromatic nitrogens is 2. The maximum atomic E-state index is 13.4. The second kappa shape index (κ2) is 11.2. The summed E-state index contributed by atoms with van der Waals surface area (Å²) in [4.78, 5) is 38.3. The molecule has 2 aliphatic heterocycles. The molecule has 212 valence electrons. The average Bonchev–Trinajstić information content (AvgIpc) is 3.39. The number of amides is 2. The molecule has 0 saturated carbocycles. The Hall–Kier alpha value is -3.05. The number of hydrogen-bond acceptors (Lipinski definition) is 8. The molecule has 3 heterocycles. The van der Waals surface area contributed by atoms with Crippen LogP contribution in [-0.4, -0.2) is 84.8 Å². The summed E-state index contributed by atoms with van der Waals surface area (Å²) in [5.74, 6) is 0.580. The van der Waals surface area contributed by atoms with Crippen molar-refractivity contribution < 1.29 is 22.7 Å². The van der Waals surface area contributed by atoms with E-state index in [4.69, 9.17) is 4.74 Å². The topological polar surface area (TPSA) is 122 Å². The highest BCUT2D eigenvalue weighted by Crippen LogP contribution is 2.33. The van der Waals surface area contributed by atoms with Crippen LogP contribution in [0.3, 0.4) is 0 Å². The minimum atomic E-state index is -3.56. The second-order valence-electron chi connectivity index (χ2n) is 11.7. The van der Waals surface area contributed by atoms with E-state index < -0.39 is 21.5 Å². The number of hydrogen-bond donors (Lipinski definition) is 1. The van der Waals surface area contributed by atoms with Crippen LogP contribution in [0.15, 0.2) is 35.5 Å². The van der Waals surface area contributed by atoms with Crippen LogP contribution in [0.1, 0.15) is 60.5 Å². The molecule has 0 radical (unpaired) electrons. The molecule has 0 aliphatic carbocycles. The van der Waals surface area contributed by atoms with Crippen molar-refractivity contribution in [1.82, 2.24) is 25.1 Å². The van der Waals surface area contributed by atoms with E-state index in [-0.39, 0.29) is 17.1 Å². The van der Waals surface area contributed by atoms with Gasteiger partial charge in [0.25, 0.3) is 5.91 Å². The molecule has 4 rings (SSSR count). The van der Waals surface area contributed by atoms with Gasteiger partial charge < -0.3 is 19.9 Å². The lowest BCUT2D eigenvalue weighted by Crippen LogP contribution is -2.37. The molecule has 2 saturated heterocycles. The lowest BCUT2D eigenvalue weighted by molar-refractivity contribution is 0.0498. The number of aryl methyl sites for hydroxylation is 2. The van der Waals surface area contributed by atoms with Crippen LogP contribution in [0.2, 0.25) is 0 Å². The zero-order valence-corrected chi connectivity index (χ0v) is 24.4. The van der Waals surface area contributed by atoms with Crippen molar-refractivity contribution in [2.24, 2.45) is 11.8 Å². The standard InChI is InChI=1S/C28H39N5O5S/c1-18-24(19(2)30-26(29-18)39(6,36)37)25(34)33-16-21-14-32(15-22(21)17-33)13-12-23(20-10-8-7-9-11-20)31-27(35)38-28(3,4)5/h7-11,21-23H,12-17H2,1-6H3,(H,31,35)/t21?,22?,23-/m0/s1. The summed E-state index contributed by atoms with van der Waals surface area (Å²) < 4.78 is 29.2. The minimum absolute atomic E-state index is 0.142. The highest BCUT2D eigenvalue weighted by Gasteiger charge is 2.42. The third-order valence-electron chi connectivity index (χ3n) is 7.27. The third kappa shape index (κ3) is 7.13. The number of nitrogens with one attached hydrogen (secondary N) is 1. The summed E-state index contributed by atoms with van der Waals surface area (Å²) in [6, 6.07) is 9.75. The molecule has 1 N–H and O–H groups in total. The van der Waals surface area contributed by atoms with Gasteiger partial charge in [-0.15, -0.1) is 0 Å². The van der Waals surface area contributed by atoms with Gasteiger partial charge in [-0.25, -0.2) is 23.2 Å². The van der Waals surface area contributed by atoms with E-state index in [0.717, 1.165) is 37.9 Å². The number of carbonyl (C=O) groups excluding carboxylic acids is 2. The van der Waals surface area contributed by atoms with Gasteiger partial charge in [0.2, 0.25) is 15.0 Å². The molecule has 3 atom stereocenters. The molecule has 0 bridgehead atoms. The monoisotopic (exact) mass is 557 g/mol. The molecule has 39 heavy (non-hydrogen) atoms. The maximum Gasteiger partial charge on any atom is 0.408 e. The van der Waals surface area contributed by atoms with Crippen LogP contribution in [0.25, 0.3) is 0 Å². The van der Waals surface area contributed by atoms with Gasteiger partial charge >= 0.3 is 6.09 Å². The molecule has 10 nitrogen and oxygen atoms in total. The lowest BCUT2D eigenvalue weighted by Gasteiger charge is -2.26. The Labute approximate surface area is 231 Å². The lowest BCUT2D eigenvalue weighted by atomic mass is 10.0. The Bertz CT molecular complexity index is 1290. The smallest absolute Gasteiger partial charge is 0.408 e. The molecule has 2 amide bonds. The summed E-state index contributed by atoms with van der Waals surface area (Å²) in [5.41, 5.74) is 1.62. The van der Waals surface area contributed by atoms with Crippen molar-refractivity contribution in [3.05, 3.63) is 52.8 Å². The summed E-state index contributed by atoms with van der Waals surface area (Å²) in [5, 5.41) is 2.79. The predicted molar refractivity (Wildman–Crippen MR) is 147 cm³/mol. The number of ether oxygens (including phenoxy) is 1. The average molecular weight is 558 g/mol. The highest BCUT2D eigenvalue weighted by atomic mass is 32.2. The highest BCUT2D eigenvalue weighted by molar-refractivity contribution is 7.90. The summed E-state index contributed by atoms with van der Waals surface area (Å²) in [6.07, 6.45) is 1.38. The fourth-order valence-corrected chi connectivity index (χ4v) is 6.13. The van der Waals surface area contributed by atoms with Gasteiger partial charge in [0.15, 0.2) is 0 Å².